The maximum Gasteiger partial charge on any atom is 0.416 e. The molecule has 0 bridgehead atoms. The van der Waals surface area contributed by atoms with Crippen molar-refractivity contribution in [2.24, 2.45) is 11.3 Å². The Morgan fingerprint density at radius 1 is 1.00 bits per heavy atom. The van der Waals surface area contributed by atoms with Gasteiger partial charge in [0.05, 0.1) is 5.56 Å². The van der Waals surface area contributed by atoms with E-state index in [0.717, 1.165) is 30.2 Å². The standard InChI is InChI=1S/C26H34F3NO4S/c1-18(2)30(24(31)14-19(3)16-25(4,5)6)17-20-10-12-22(13-11-20)34-35(32,33)23-9-7-8-21(15-23)26(27,28)29/h7-13,15,18-19H,14,16-17H2,1-6H3. The minimum atomic E-state index is -4.67. The highest BCUT2D eigenvalue weighted by atomic mass is 32.2. The van der Waals surface area contributed by atoms with Crippen molar-refractivity contribution in [2.75, 3.05) is 0 Å². The van der Waals surface area contributed by atoms with Crippen LogP contribution in [0.25, 0.3) is 0 Å². The topological polar surface area (TPSA) is 63.7 Å². The number of nitrogens with zero attached hydrogens (tertiary/aromatic N) is 1. The number of carbonyl (C=O) groups is 1. The first-order chi connectivity index (χ1) is 16.0. The van der Waals surface area contributed by atoms with Gasteiger partial charge in [0.15, 0.2) is 0 Å². The second-order valence-electron chi connectivity index (χ2n) is 10.4. The van der Waals surface area contributed by atoms with E-state index in [2.05, 4.69) is 27.7 Å². The molecule has 35 heavy (non-hydrogen) atoms. The van der Waals surface area contributed by atoms with E-state index in [-0.39, 0.29) is 29.0 Å². The summed E-state index contributed by atoms with van der Waals surface area (Å²) in [6.07, 6.45) is -3.31. The van der Waals surface area contributed by atoms with Crippen LogP contribution in [0.1, 0.15) is 65.5 Å². The smallest absolute Gasteiger partial charge is 0.379 e. The summed E-state index contributed by atoms with van der Waals surface area (Å²) >= 11 is 0. The molecular weight excluding hydrogens is 479 g/mol. The molecular formula is C26H34F3NO4S. The van der Waals surface area contributed by atoms with E-state index in [1.54, 1.807) is 17.0 Å². The number of rotatable bonds is 9. The molecule has 5 nitrogen and oxygen atoms in total. The van der Waals surface area contributed by atoms with Crippen molar-refractivity contribution in [3.63, 3.8) is 0 Å². The van der Waals surface area contributed by atoms with E-state index in [4.69, 9.17) is 4.18 Å². The van der Waals surface area contributed by atoms with E-state index in [9.17, 15) is 26.4 Å². The third kappa shape index (κ3) is 8.87. The molecule has 2 rings (SSSR count). The summed E-state index contributed by atoms with van der Waals surface area (Å²) in [5, 5.41) is 0. The molecule has 0 aliphatic heterocycles. The highest BCUT2D eigenvalue weighted by Gasteiger charge is 2.32. The van der Waals surface area contributed by atoms with Crippen molar-refractivity contribution in [1.82, 2.24) is 4.90 Å². The number of carbonyl (C=O) groups excluding carboxylic acids is 1. The van der Waals surface area contributed by atoms with Gasteiger partial charge in [-0.15, -0.1) is 0 Å². The normalized spacial score (nSPS) is 13.5. The third-order valence-corrected chi connectivity index (χ3v) is 6.60. The summed E-state index contributed by atoms with van der Waals surface area (Å²) in [4.78, 5) is 14.1. The summed E-state index contributed by atoms with van der Waals surface area (Å²) in [7, 11) is -4.45. The van der Waals surface area contributed by atoms with Crippen LogP contribution in [0.5, 0.6) is 5.75 Å². The van der Waals surface area contributed by atoms with Gasteiger partial charge in [-0.2, -0.15) is 21.6 Å². The van der Waals surface area contributed by atoms with Crippen LogP contribution in [0.3, 0.4) is 0 Å². The van der Waals surface area contributed by atoms with Gasteiger partial charge in [0.1, 0.15) is 10.6 Å². The van der Waals surface area contributed by atoms with Gasteiger partial charge in [0.2, 0.25) is 5.91 Å². The molecule has 0 heterocycles. The van der Waals surface area contributed by atoms with Crippen molar-refractivity contribution in [3.8, 4) is 5.75 Å². The maximum atomic E-state index is 12.9. The van der Waals surface area contributed by atoms with Gasteiger partial charge in [-0.05, 0) is 67.5 Å². The Balaban J connectivity index is 2.11. The van der Waals surface area contributed by atoms with Gasteiger partial charge in [0.25, 0.3) is 0 Å². The number of hydrogen-bond donors (Lipinski definition) is 0. The Morgan fingerprint density at radius 2 is 1.60 bits per heavy atom. The molecule has 0 aliphatic carbocycles. The molecule has 9 heteroatoms. The molecule has 0 saturated carbocycles. The van der Waals surface area contributed by atoms with Crippen molar-refractivity contribution in [3.05, 3.63) is 59.7 Å². The lowest BCUT2D eigenvalue weighted by Gasteiger charge is -2.30. The van der Waals surface area contributed by atoms with Crippen LogP contribution in [-0.4, -0.2) is 25.3 Å². The molecule has 194 valence electrons. The molecule has 2 aromatic rings. The molecule has 0 saturated heterocycles. The highest BCUT2D eigenvalue weighted by Crippen LogP contribution is 2.31. The van der Waals surface area contributed by atoms with Crippen LogP contribution in [0.2, 0.25) is 0 Å². The zero-order valence-corrected chi connectivity index (χ0v) is 21.8. The van der Waals surface area contributed by atoms with Gasteiger partial charge < -0.3 is 9.08 Å². The van der Waals surface area contributed by atoms with Crippen LogP contribution in [-0.2, 0) is 27.6 Å². The second-order valence-corrected chi connectivity index (χ2v) is 11.9. The molecule has 0 fully saturated rings. The summed E-state index contributed by atoms with van der Waals surface area (Å²) in [6, 6.07) is 9.49. The number of hydrogen-bond acceptors (Lipinski definition) is 4. The molecule has 0 N–H and O–H groups in total. The molecule has 0 aromatic heterocycles. The first-order valence-electron chi connectivity index (χ1n) is 11.5. The highest BCUT2D eigenvalue weighted by molar-refractivity contribution is 7.87. The van der Waals surface area contributed by atoms with Gasteiger partial charge in [-0.1, -0.05) is 45.9 Å². The molecule has 1 unspecified atom stereocenters. The average molecular weight is 514 g/mol. The lowest BCUT2D eigenvalue weighted by Crippen LogP contribution is -2.37. The molecule has 1 atom stereocenters. The first kappa shape index (κ1) is 28.7. The van der Waals surface area contributed by atoms with E-state index < -0.39 is 26.8 Å². The van der Waals surface area contributed by atoms with E-state index in [0.29, 0.717) is 19.0 Å². The Labute approximate surface area is 206 Å². The predicted molar refractivity (Wildman–Crippen MR) is 129 cm³/mol. The van der Waals surface area contributed by atoms with Crippen molar-refractivity contribution in [2.45, 2.75) is 78.0 Å². The minimum absolute atomic E-state index is 0.0263. The fourth-order valence-electron chi connectivity index (χ4n) is 3.94. The van der Waals surface area contributed by atoms with Crippen LogP contribution in [0.4, 0.5) is 13.2 Å². The maximum absolute atomic E-state index is 12.9. The first-order valence-corrected chi connectivity index (χ1v) is 12.9. The van der Waals surface area contributed by atoms with Crippen LogP contribution in [0, 0.1) is 11.3 Å². The monoisotopic (exact) mass is 513 g/mol. The van der Waals surface area contributed by atoms with Gasteiger partial charge in [-0.3, -0.25) is 4.79 Å². The Hall–Kier alpha value is -2.55. The summed E-state index contributed by atoms with van der Waals surface area (Å²) in [5.41, 5.74) is -0.167. The third-order valence-electron chi connectivity index (χ3n) is 5.36. The second kappa shape index (κ2) is 11.0. The molecule has 0 radical (unpaired) electrons. The molecule has 0 spiro atoms. The summed E-state index contributed by atoms with van der Waals surface area (Å²) in [6.45, 7) is 12.7. The predicted octanol–water partition coefficient (Wildman–Crippen LogP) is 6.67. The van der Waals surface area contributed by atoms with Crippen molar-refractivity contribution < 1.29 is 30.6 Å². The van der Waals surface area contributed by atoms with Crippen LogP contribution < -0.4 is 4.18 Å². The van der Waals surface area contributed by atoms with E-state index in [1.807, 2.05) is 13.8 Å². The largest absolute Gasteiger partial charge is 0.416 e. The SMILES string of the molecule is CC(CC(=O)N(Cc1ccc(OS(=O)(=O)c2cccc(C(F)(F)F)c2)cc1)C(C)C)CC(C)(C)C. The fourth-order valence-corrected chi connectivity index (χ4v) is 4.92. The molecule has 2 aromatic carbocycles. The van der Waals surface area contributed by atoms with Gasteiger partial charge >= 0.3 is 16.3 Å². The fraction of sp³-hybridized carbons (Fsp3) is 0.500. The lowest BCUT2D eigenvalue weighted by molar-refractivity contribution is -0.138. The number of amides is 1. The molecule has 1 amide bonds. The minimum Gasteiger partial charge on any atom is -0.379 e. The quantitative estimate of drug-likeness (QED) is 0.351. The average Bonchev–Trinajstić information content (AvgIpc) is 2.70. The van der Waals surface area contributed by atoms with E-state index in [1.165, 1.54) is 12.1 Å². The zero-order chi connectivity index (χ0) is 26.6. The van der Waals surface area contributed by atoms with Crippen molar-refractivity contribution >= 4 is 16.0 Å². The number of benzene rings is 2. The van der Waals surface area contributed by atoms with Crippen LogP contribution in [0.15, 0.2) is 53.4 Å². The number of alkyl halides is 3. The van der Waals surface area contributed by atoms with E-state index >= 15 is 0 Å². The summed E-state index contributed by atoms with van der Waals surface area (Å²) in [5.74, 6) is 0.247. The Kier molecular flexibility index (Phi) is 9.03. The zero-order valence-electron chi connectivity index (χ0n) is 21.0. The summed E-state index contributed by atoms with van der Waals surface area (Å²) < 4.78 is 68.8. The molecule has 0 aliphatic rings. The Bertz CT molecular complexity index is 1100. The van der Waals surface area contributed by atoms with Gasteiger partial charge in [0, 0.05) is 19.0 Å². The van der Waals surface area contributed by atoms with Crippen LogP contribution >= 0.6 is 0 Å². The Morgan fingerprint density at radius 3 is 2.11 bits per heavy atom. The lowest BCUT2D eigenvalue weighted by atomic mass is 9.84. The number of halogens is 3. The van der Waals surface area contributed by atoms with Gasteiger partial charge in [-0.25, -0.2) is 0 Å². The van der Waals surface area contributed by atoms with Crippen molar-refractivity contribution in [1.29, 1.82) is 0 Å².